The van der Waals surface area contributed by atoms with E-state index in [0.717, 1.165) is 35.1 Å². The number of rotatable bonds is 9. The molecule has 1 heterocycles. The largest absolute Gasteiger partial charge is 0.481 e. The van der Waals surface area contributed by atoms with Gasteiger partial charge in [0.1, 0.15) is 15.8 Å². The van der Waals surface area contributed by atoms with Gasteiger partial charge in [-0.15, -0.1) is 11.3 Å². The van der Waals surface area contributed by atoms with Gasteiger partial charge in [0, 0.05) is 5.56 Å². The number of nitrogens with zero attached hydrogens (tertiary/aromatic N) is 1. The fourth-order valence-corrected chi connectivity index (χ4v) is 4.74. The first kappa shape index (κ1) is 23.9. The van der Waals surface area contributed by atoms with Crippen molar-refractivity contribution in [2.45, 2.75) is 11.1 Å². The van der Waals surface area contributed by atoms with Gasteiger partial charge in [0.2, 0.25) is 0 Å². The molecule has 0 bridgehead atoms. The van der Waals surface area contributed by atoms with Gasteiger partial charge in [0.15, 0.2) is 6.61 Å². The van der Waals surface area contributed by atoms with Gasteiger partial charge < -0.3 is 9.84 Å². The number of carboxylic acid groups (broad SMARTS) is 1. The molecular weight excluding hydrogens is 473 g/mol. The Morgan fingerprint density at radius 2 is 2.00 bits per heavy atom. The summed E-state index contributed by atoms with van der Waals surface area (Å²) in [5.74, 6) is -2.53. The molecule has 0 aliphatic rings. The summed E-state index contributed by atoms with van der Waals surface area (Å²) in [6.07, 6.45) is 1.23. The van der Waals surface area contributed by atoms with E-state index in [4.69, 9.17) is 9.84 Å². The second kappa shape index (κ2) is 10.2. The Labute approximate surface area is 192 Å². The van der Waals surface area contributed by atoms with Crippen molar-refractivity contribution in [2.24, 2.45) is 5.10 Å². The number of anilines is 1. The van der Waals surface area contributed by atoms with E-state index in [0.29, 0.717) is 5.56 Å². The number of benzene rings is 2. The minimum Gasteiger partial charge on any atom is -0.481 e. The van der Waals surface area contributed by atoms with Crippen LogP contribution in [0.1, 0.15) is 21.5 Å². The Kier molecular flexibility index (Phi) is 7.41. The van der Waals surface area contributed by atoms with Gasteiger partial charge >= 0.3 is 5.97 Å². The molecule has 0 radical (unpaired) electrons. The minimum absolute atomic E-state index is 0.0320. The molecule has 0 saturated carbocycles. The van der Waals surface area contributed by atoms with Crippen molar-refractivity contribution in [3.63, 3.8) is 0 Å². The first-order valence-electron chi connectivity index (χ1n) is 9.30. The number of hydrogen-bond acceptors (Lipinski definition) is 7. The zero-order valence-corrected chi connectivity index (χ0v) is 18.7. The number of carbonyl (C=O) groups excluding carboxylic acids is 1. The van der Waals surface area contributed by atoms with Gasteiger partial charge in [-0.2, -0.15) is 5.10 Å². The van der Waals surface area contributed by atoms with Crippen molar-refractivity contribution < 1.29 is 32.2 Å². The highest BCUT2D eigenvalue weighted by Crippen LogP contribution is 2.24. The average molecular weight is 492 g/mol. The number of hydrazone groups is 1. The lowest BCUT2D eigenvalue weighted by Gasteiger charge is -2.11. The summed E-state index contributed by atoms with van der Waals surface area (Å²) >= 11 is 0.989. The van der Waals surface area contributed by atoms with Crippen molar-refractivity contribution in [3.8, 4) is 5.75 Å². The zero-order chi connectivity index (χ0) is 24.0. The molecule has 9 nitrogen and oxygen atoms in total. The first-order chi connectivity index (χ1) is 15.7. The summed E-state index contributed by atoms with van der Waals surface area (Å²) in [7, 11) is -3.96. The molecule has 0 fully saturated rings. The van der Waals surface area contributed by atoms with Gasteiger partial charge in [-0.3, -0.25) is 9.52 Å². The van der Waals surface area contributed by atoms with Crippen LogP contribution in [0.5, 0.6) is 5.75 Å². The molecule has 0 unspecified atom stereocenters. The van der Waals surface area contributed by atoms with Crippen LogP contribution >= 0.6 is 11.3 Å². The number of halogens is 1. The number of nitrogens with one attached hydrogen (secondary N) is 2. The number of amides is 1. The maximum atomic E-state index is 13.8. The standard InChI is InChI=1S/C21H18FN3O6S2/c1-13-4-7-18(31-12-19(26)27)14(9-13)11-23-24-21(28)16-10-15(22)5-6-17(16)25-33(29,30)20-3-2-8-32-20/h2-11,25H,12H2,1H3,(H,24,28)(H,26,27)/b23-11-. The highest BCUT2D eigenvalue weighted by atomic mass is 32.2. The maximum absolute atomic E-state index is 13.8. The van der Waals surface area contributed by atoms with Gasteiger partial charge in [-0.25, -0.2) is 23.0 Å². The highest BCUT2D eigenvalue weighted by molar-refractivity contribution is 7.94. The van der Waals surface area contributed by atoms with E-state index < -0.39 is 34.3 Å². The van der Waals surface area contributed by atoms with E-state index in [9.17, 15) is 22.4 Å². The molecule has 33 heavy (non-hydrogen) atoms. The van der Waals surface area contributed by atoms with Crippen LogP contribution in [0.25, 0.3) is 0 Å². The molecule has 1 amide bonds. The molecule has 0 aliphatic heterocycles. The highest BCUT2D eigenvalue weighted by Gasteiger charge is 2.20. The van der Waals surface area contributed by atoms with Crippen molar-refractivity contribution >= 4 is 45.1 Å². The van der Waals surface area contributed by atoms with E-state index in [1.54, 1.807) is 36.6 Å². The Morgan fingerprint density at radius 3 is 2.70 bits per heavy atom. The number of carbonyl (C=O) groups is 2. The molecule has 0 spiro atoms. The molecule has 1 aromatic heterocycles. The Balaban J connectivity index is 1.80. The summed E-state index contributed by atoms with van der Waals surface area (Å²) in [6.45, 7) is 1.24. The van der Waals surface area contributed by atoms with Crippen LogP contribution in [0, 0.1) is 12.7 Å². The van der Waals surface area contributed by atoms with Crippen LogP contribution in [0.4, 0.5) is 10.1 Å². The molecule has 172 valence electrons. The fourth-order valence-electron chi connectivity index (χ4n) is 2.67. The smallest absolute Gasteiger partial charge is 0.341 e. The molecule has 3 N–H and O–H groups in total. The van der Waals surface area contributed by atoms with Crippen LogP contribution in [0.15, 0.2) is 63.2 Å². The Bertz CT molecular complexity index is 1310. The Hall–Kier alpha value is -3.77. The first-order valence-corrected chi connectivity index (χ1v) is 11.7. The number of carboxylic acids is 1. The van der Waals surface area contributed by atoms with Crippen LogP contribution in [0.3, 0.4) is 0 Å². The third-order valence-electron chi connectivity index (χ3n) is 4.12. The van der Waals surface area contributed by atoms with E-state index in [1.165, 1.54) is 12.3 Å². The van der Waals surface area contributed by atoms with Crippen molar-refractivity contribution in [1.82, 2.24) is 5.43 Å². The molecule has 12 heteroatoms. The second-order valence-corrected chi connectivity index (χ2v) is 9.51. The predicted octanol–water partition coefficient (Wildman–Crippen LogP) is 3.22. The Morgan fingerprint density at radius 1 is 1.21 bits per heavy atom. The SMILES string of the molecule is Cc1ccc(OCC(=O)O)c(/C=N\NC(=O)c2cc(F)ccc2NS(=O)(=O)c2cccs2)c1. The van der Waals surface area contributed by atoms with E-state index >= 15 is 0 Å². The predicted molar refractivity (Wildman–Crippen MR) is 121 cm³/mol. The van der Waals surface area contributed by atoms with Gasteiger partial charge in [-0.1, -0.05) is 17.7 Å². The number of hydrogen-bond donors (Lipinski definition) is 3. The fraction of sp³-hybridized carbons (Fsp3) is 0.0952. The molecule has 0 saturated heterocycles. The molecular formula is C21H18FN3O6S2. The van der Waals surface area contributed by atoms with Crippen molar-refractivity contribution in [1.29, 1.82) is 0 Å². The maximum Gasteiger partial charge on any atom is 0.341 e. The number of aliphatic carboxylic acids is 1. The lowest BCUT2D eigenvalue weighted by atomic mass is 10.1. The molecule has 0 aliphatic carbocycles. The average Bonchev–Trinajstić information content (AvgIpc) is 3.30. The van der Waals surface area contributed by atoms with Gasteiger partial charge in [-0.05, 0) is 48.7 Å². The molecule has 3 rings (SSSR count). The quantitative estimate of drug-likeness (QED) is 0.311. The van der Waals surface area contributed by atoms with E-state index in [2.05, 4.69) is 15.2 Å². The summed E-state index contributed by atoms with van der Waals surface area (Å²) < 4.78 is 46.3. The monoisotopic (exact) mass is 491 g/mol. The summed E-state index contributed by atoms with van der Waals surface area (Å²) in [5.41, 5.74) is 3.03. The second-order valence-electron chi connectivity index (χ2n) is 6.65. The number of thiophene rings is 1. The molecule has 0 atom stereocenters. The summed E-state index contributed by atoms with van der Waals surface area (Å²) in [5, 5.41) is 14.2. The number of sulfonamides is 1. The number of aryl methyl sites for hydroxylation is 1. The lowest BCUT2D eigenvalue weighted by Crippen LogP contribution is -2.21. The molecule has 3 aromatic rings. The van der Waals surface area contributed by atoms with E-state index in [1.807, 2.05) is 0 Å². The number of ether oxygens (including phenoxy) is 1. The van der Waals surface area contributed by atoms with Crippen LogP contribution in [0.2, 0.25) is 0 Å². The van der Waals surface area contributed by atoms with Crippen molar-refractivity contribution in [3.05, 3.63) is 76.4 Å². The minimum atomic E-state index is -3.96. The van der Waals surface area contributed by atoms with Crippen LogP contribution < -0.4 is 14.9 Å². The zero-order valence-electron chi connectivity index (χ0n) is 17.1. The van der Waals surface area contributed by atoms with Gasteiger partial charge in [0.25, 0.3) is 15.9 Å². The van der Waals surface area contributed by atoms with Crippen LogP contribution in [-0.4, -0.2) is 38.2 Å². The summed E-state index contributed by atoms with van der Waals surface area (Å²) in [4.78, 5) is 23.4. The van der Waals surface area contributed by atoms with Crippen molar-refractivity contribution in [2.75, 3.05) is 11.3 Å². The molecule has 2 aromatic carbocycles. The lowest BCUT2D eigenvalue weighted by molar-refractivity contribution is -0.139. The van der Waals surface area contributed by atoms with Crippen LogP contribution in [-0.2, 0) is 14.8 Å². The topological polar surface area (TPSA) is 134 Å². The van der Waals surface area contributed by atoms with E-state index in [-0.39, 0.29) is 21.2 Å². The normalized spacial score (nSPS) is 11.3. The van der Waals surface area contributed by atoms with Gasteiger partial charge in [0.05, 0.1) is 17.5 Å². The summed E-state index contributed by atoms with van der Waals surface area (Å²) in [6, 6.07) is 10.9. The third kappa shape index (κ3) is 6.37. The third-order valence-corrected chi connectivity index (χ3v) is 6.88.